The van der Waals surface area contributed by atoms with Gasteiger partial charge < -0.3 is 14.6 Å². The molecule has 4 aromatic rings. The first-order valence-corrected chi connectivity index (χ1v) is 12.1. The van der Waals surface area contributed by atoms with E-state index in [0.717, 1.165) is 30.5 Å². The largest absolute Gasteiger partial charge is 0.421 e. The van der Waals surface area contributed by atoms with Crippen LogP contribution < -0.4 is 5.32 Å². The number of rotatable bonds is 6. The zero-order valence-electron chi connectivity index (χ0n) is 20.2. The van der Waals surface area contributed by atoms with Crippen molar-refractivity contribution in [2.75, 3.05) is 18.4 Å². The lowest BCUT2D eigenvalue weighted by Gasteiger charge is -2.32. The summed E-state index contributed by atoms with van der Waals surface area (Å²) in [5.74, 6) is 1.93. The van der Waals surface area contributed by atoms with E-state index in [2.05, 4.69) is 15.5 Å². The van der Waals surface area contributed by atoms with E-state index in [9.17, 15) is 9.18 Å². The highest BCUT2D eigenvalue weighted by atomic mass is 19.1. The molecule has 8 nitrogen and oxygen atoms in total. The summed E-state index contributed by atoms with van der Waals surface area (Å²) in [4.78, 5) is 24.0. The smallest absolute Gasteiger partial charge is 0.247 e. The molecule has 1 aliphatic heterocycles. The van der Waals surface area contributed by atoms with Gasteiger partial charge in [0.1, 0.15) is 17.5 Å². The number of aromatic nitrogens is 4. The zero-order valence-corrected chi connectivity index (χ0v) is 20.2. The Hall–Kier alpha value is -4.14. The molecule has 1 saturated heterocycles. The van der Waals surface area contributed by atoms with Crippen LogP contribution in [0.25, 0.3) is 22.7 Å². The summed E-state index contributed by atoms with van der Waals surface area (Å²) in [7, 11) is 0. The van der Waals surface area contributed by atoms with E-state index < -0.39 is 0 Å². The van der Waals surface area contributed by atoms with E-state index in [1.807, 2.05) is 42.2 Å². The summed E-state index contributed by atoms with van der Waals surface area (Å²) in [5.41, 5.74) is 2.93. The predicted molar refractivity (Wildman–Crippen MR) is 134 cm³/mol. The van der Waals surface area contributed by atoms with Crippen LogP contribution in [0, 0.1) is 12.7 Å². The first-order chi connectivity index (χ1) is 17.5. The summed E-state index contributed by atoms with van der Waals surface area (Å²) in [6, 6.07) is 15.8. The van der Waals surface area contributed by atoms with Crippen LogP contribution in [0.15, 0.2) is 59.0 Å². The second-order valence-corrected chi connectivity index (χ2v) is 8.87. The Bertz CT molecular complexity index is 1390. The summed E-state index contributed by atoms with van der Waals surface area (Å²) in [5, 5.41) is 11.3. The Morgan fingerprint density at radius 2 is 1.94 bits per heavy atom. The van der Waals surface area contributed by atoms with Gasteiger partial charge in [-0.25, -0.2) is 14.4 Å². The number of benzene rings is 2. The van der Waals surface area contributed by atoms with E-state index >= 15 is 0 Å². The molecular weight excluding hydrogens is 459 g/mol. The highest BCUT2D eigenvalue weighted by Crippen LogP contribution is 2.31. The lowest BCUT2D eigenvalue weighted by atomic mass is 9.96. The Morgan fingerprint density at radius 3 is 2.72 bits per heavy atom. The molecule has 36 heavy (non-hydrogen) atoms. The van der Waals surface area contributed by atoms with Crippen molar-refractivity contribution in [2.45, 2.75) is 39.0 Å². The Balaban J connectivity index is 1.54. The summed E-state index contributed by atoms with van der Waals surface area (Å²) in [6.07, 6.45) is 2.25. The van der Waals surface area contributed by atoms with Crippen molar-refractivity contribution in [3.05, 3.63) is 72.1 Å². The number of amides is 1. The maximum atomic E-state index is 13.8. The van der Waals surface area contributed by atoms with E-state index in [1.165, 1.54) is 12.1 Å². The van der Waals surface area contributed by atoms with Gasteiger partial charge in [-0.05, 0) is 43.2 Å². The molecule has 1 aliphatic rings. The molecule has 1 N–H and O–H groups in total. The third kappa shape index (κ3) is 5.25. The van der Waals surface area contributed by atoms with Crippen LogP contribution in [0.4, 0.5) is 15.9 Å². The van der Waals surface area contributed by atoms with Gasteiger partial charge in [-0.1, -0.05) is 25.1 Å². The summed E-state index contributed by atoms with van der Waals surface area (Å²) >= 11 is 0. The number of piperidine rings is 1. The summed E-state index contributed by atoms with van der Waals surface area (Å²) in [6.45, 7) is 4.96. The van der Waals surface area contributed by atoms with E-state index in [1.54, 1.807) is 19.1 Å². The van der Waals surface area contributed by atoms with Crippen LogP contribution in [0.2, 0.25) is 0 Å². The zero-order chi connectivity index (χ0) is 25.1. The first kappa shape index (κ1) is 23.6. The average molecular weight is 487 g/mol. The molecular formula is C27H27FN6O2. The van der Waals surface area contributed by atoms with Gasteiger partial charge in [-0.3, -0.25) is 4.79 Å². The van der Waals surface area contributed by atoms with Crippen molar-refractivity contribution in [2.24, 2.45) is 0 Å². The number of nitrogens with one attached hydrogen (secondary N) is 1. The van der Waals surface area contributed by atoms with Gasteiger partial charge >= 0.3 is 0 Å². The Kier molecular flexibility index (Phi) is 6.71. The maximum Gasteiger partial charge on any atom is 0.247 e. The molecule has 0 aliphatic carbocycles. The van der Waals surface area contributed by atoms with Crippen molar-refractivity contribution in [3.63, 3.8) is 0 Å². The Morgan fingerprint density at radius 1 is 1.11 bits per heavy atom. The van der Waals surface area contributed by atoms with Gasteiger partial charge in [0.15, 0.2) is 0 Å². The van der Waals surface area contributed by atoms with Gasteiger partial charge in [0.25, 0.3) is 0 Å². The number of halogens is 1. The maximum absolute atomic E-state index is 13.8. The Labute approximate surface area is 208 Å². The molecule has 2 aromatic carbocycles. The van der Waals surface area contributed by atoms with Gasteiger partial charge in [0, 0.05) is 55.2 Å². The van der Waals surface area contributed by atoms with Crippen LogP contribution in [-0.4, -0.2) is 44.1 Å². The molecule has 0 bridgehead atoms. The predicted octanol–water partition coefficient (Wildman–Crippen LogP) is 5.50. The van der Waals surface area contributed by atoms with Gasteiger partial charge in [-0.2, -0.15) is 0 Å². The van der Waals surface area contributed by atoms with Crippen LogP contribution >= 0.6 is 0 Å². The van der Waals surface area contributed by atoms with E-state index in [-0.39, 0.29) is 17.6 Å². The number of anilines is 2. The normalized spacial score (nSPS) is 15.6. The van der Waals surface area contributed by atoms with Crippen LogP contribution in [0.5, 0.6) is 0 Å². The first-order valence-electron chi connectivity index (χ1n) is 12.1. The minimum atomic E-state index is -0.335. The lowest BCUT2D eigenvalue weighted by Crippen LogP contribution is -2.39. The van der Waals surface area contributed by atoms with Gasteiger partial charge in [0.2, 0.25) is 17.7 Å². The molecule has 0 spiro atoms. The number of carbonyl (C=O) groups is 1. The van der Waals surface area contributed by atoms with E-state index in [4.69, 9.17) is 14.4 Å². The second kappa shape index (κ2) is 10.2. The molecule has 184 valence electrons. The topological polar surface area (TPSA) is 97.0 Å². The van der Waals surface area contributed by atoms with Crippen molar-refractivity contribution in [3.8, 4) is 22.7 Å². The number of hydrogen-bond acceptors (Lipinski definition) is 7. The molecule has 1 amide bonds. The van der Waals surface area contributed by atoms with Crippen LogP contribution in [0.3, 0.4) is 0 Å². The summed E-state index contributed by atoms with van der Waals surface area (Å²) < 4.78 is 19.4. The average Bonchev–Trinajstić information content (AvgIpc) is 3.34. The van der Waals surface area contributed by atoms with Gasteiger partial charge in [0.05, 0.1) is 5.69 Å². The van der Waals surface area contributed by atoms with Crippen molar-refractivity contribution in [1.82, 2.24) is 25.1 Å². The molecule has 5 rings (SSSR count). The monoisotopic (exact) mass is 486 g/mol. The lowest BCUT2D eigenvalue weighted by molar-refractivity contribution is -0.132. The number of carbonyl (C=O) groups excluding carboxylic acids is 1. The van der Waals surface area contributed by atoms with Crippen LogP contribution in [-0.2, 0) is 4.79 Å². The number of aryl methyl sites for hydroxylation is 1. The highest BCUT2D eigenvalue weighted by Gasteiger charge is 2.26. The number of likely N-dealkylation sites (tertiary alicyclic amines) is 1. The fraction of sp³-hybridized carbons (Fsp3) is 0.296. The third-order valence-corrected chi connectivity index (χ3v) is 6.21. The molecule has 0 saturated carbocycles. The third-order valence-electron chi connectivity index (χ3n) is 6.21. The van der Waals surface area contributed by atoms with Crippen molar-refractivity contribution < 1.29 is 13.6 Å². The minimum absolute atomic E-state index is 0.00373. The second-order valence-electron chi connectivity index (χ2n) is 8.87. The number of nitrogens with zero attached hydrogens (tertiary/aromatic N) is 5. The number of hydrogen-bond donors (Lipinski definition) is 1. The van der Waals surface area contributed by atoms with Crippen LogP contribution in [0.1, 0.15) is 43.8 Å². The quantitative estimate of drug-likeness (QED) is 0.384. The fourth-order valence-electron chi connectivity index (χ4n) is 4.44. The molecule has 1 fully saturated rings. The molecule has 2 aromatic heterocycles. The van der Waals surface area contributed by atoms with Gasteiger partial charge in [-0.15, -0.1) is 10.2 Å². The molecule has 1 atom stereocenters. The van der Waals surface area contributed by atoms with E-state index in [0.29, 0.717) is 47.8 Å². The molecule has 1 unspecified atom stereocenters. The molecule has 3 heterocycles. The minimum Gasteiger partial charge on any atom is -0.421 e. The SMILES string of the molecule is CCC(=O)N1CCCC(c2nc(Nc3cccc(F)c3)cc(-c3cccc(-c4nnc(C)o4)c3)n2)C1. The van der Waals surface area contributed by atoms with Crippen molar-refractivity contribution in [1.29, 1.82) is 0 Å². The highest BCUT2D eigenvalue weighted by molar-refractivity contribution is 5.76. The molecule has 0 radical (unpaired) electrons. The standard InChI is InChI=1S/C27H27FN6O2/c1-3-25(35)34-12-6-9-20(16-34)26-30-23(15-24(31-26)29-22-11-5-10-21(28)14-22)18-7-4-8-19(13-18)27-33-32-17(2)36-27/h4-5,7-8,10-11,13-15,20H,3,6,9,12,16H2,1-2H3,(H,29,30,31). The fourth-order valence-corrected chi connectivity index (χ4v) is 4.44. The molecule has 9 heteroatoms. The van der Waals surface area contributed by atoms with Crippen molar-refractivity contribution >= 4 is 17.4 Å².